The molecular weight excluding hydrogens is 389 g/mol. The molecule has 132 valence electrons. The van der Waals surface area contributed by atoms with Crippen LogP contribution in [-0.4, -0.2) is 20.1 Å². The van der Waals surface area contributed by atoms with E-state index in [9.17, 15) is 9.18 Å². The molecule has 0 saturated heterocycles. The lowest BCUT2D eigenvalue weighted by molar-refractivity contribution is -0.117. The van der Waals surface area contributed by atoms with Crippen molar-refractivity contribution in [2.24, 2.45) is 0 Å². The van der Waals surface area contributed by atoms with Crippen molar-refractivity contribution in [3.05, 3.63) is 63.9 Å². The molecule has 1 N–H and O–H groups in total. The third-order valence-corrected chi connectivity index (χ3v) is 4.13. The van der Waals surface area contributed by atoms with Crippen LogP contribution in [0.5, 0.6) is 11.5 Å². The van der Waals surface area contributed by atoms with E-state index < -0.39 is 5.82 Å². The van der Waals surface area contributed by atoms with Crippen molar-refractivity contribution in [2.75, 3.05) is 14.2 Å². The number of rotatable bonds is 6. The standard InChI is InChI=1S/C19H19BrFNO3/c1-12(13-4-7-18(25-3)16(21)11-13)22-19(23)9-5-14-10-15(20)6-8-17(14)24-2/h4-12H,1-3H3,(H,22,23)/b9-5+. The van der Waals surface area contributed by atoms with Gasteiger partial charge in [0.05, 0.1) is 20.3 Å². The molecule has 0 heterocycles. The van der Waals surface area contributed by atoms with E-state index >= 15 is 0 Å². The number of hydrogen-bond donors (Lipinski definition) is 1. The highest BCUT2D eigenvalue weighted by molar-refractivity contribution is 9.10. The van der Waals surface area contributed by atoms with Crippen LogP contribution in [0, 0.1) is 5.82 Å². The largest absolute Gasteiger partial charge is 0.496 e. The molecule has 0 bridgehead atoms. The van der Waals surface area contributed by atoms with E-state index in [1.54, 1.807) is 26.2 Å². The zero-order valence-corrected chi connectivity index (χ0v) is 15.8. The Bertz CT molecular complexity index is 792. The van der Waals surface area contributed by atoms with Crippen molar-refractivity contribution in [1.82, 2.24) is 5.32 Å². The fourth-order valence-electron chi connectivity index (χ4n) is 2.30. The Balaban J connectivity index is 2.07. The van der Waals surface area contributed by atoms with Crippen molar-refractivity contribution in [2.45, 2.75) is 13.0 Å². The Morgan fingerprint density at radius 2 is 1.84 bits per heavy atom. The average molecular weight is 408 g/mol. The highest BCUT2D eigenvalue weighted by Crippen LogP contribution is 2.24. The summed E-state index contributed by atoms with van der Waals surface area (Å²) in [6.45, 7) is 1.78. The fourth-order valence-corrected chi connectivity index (χ4v) is 2.68. The van der Waals surface area contributed by atoms with Crippen molar-refractivity contribution in [3.63, 3.8) is 0 Å². The normalized spacial score (nSPS) is 12.0. The maximum atomic E-state index is 13.8. The number of carbonyl (C=O) groups excluding carboxylic acids is 1. The first-order valence-corrected chi connectivity index (χ1v) is 8.39. The van der Waals surface area contributed by atoms with Gasteiger partial charge < -0.3 is 14.8 Å². The predicted octanol–water partition coefficient (Wildman–Crippen LogP) is 4.50. The summed E-state index contributed by atoms with van der Waals surface area (Å²) in [5.41, 5.74) is 1.43. The number of carbonyl (C=O) groups is 1. The van der Waals surface area contributed by atoms with Crippen LogP contribution in [-0.2, 0) is 4.79 Å². The molecule has 0 aromatic heterocycles. The number of halogens is 2. The first kappa shape index (κ1) is 19.0. The SMILES string of the molecule is COc1ccc(C(C)NC(=O)/C=C/c2cc(Br)ccc2OC)cc1F. The van der Waals surface area contributed by atoms with Crippen LogP contribution in [0.25, 0.3) is 6.08 Å². The molecule has 1 unspecified atom stereocenters. The van der Waals surface area contributed by atoms with Crippen LogP contribution in [0.1, 0.15) is 24.1 Å². The molecule has 0 radical (unpaired) electrons. The van der Waals surface area contributed by atoms with Crippen LogP contribution in [0.2, 0.25) is 0 Å². The minimum absolute atomic E-state index is 0.170. The molecule has 0 saturated carbocycles. The summed E-state index contributed by atoms with van der Waals surface area (Å²) in [5, 5.41) is 2.80. The molecule has 25 heavy (non-hydrogen) atoms. The molecule has 0 aliphatic rings. The lowest BCUT2D eigenvalue weighted by Crippen LogP contribution is -2.24. The van der Waals surface area contributed by atoms with Gasteiger partial charge >= 0.3 is 0 Å². The number of benzene rings is 2. The van der Waals surface area contributed by atoms with Gasteiger partial charge in [-0.2, -0.15) is 0 Å². The summed E-state index contributed by atoms with van der Waals surface area (Å²) in [5.74, 6) is 0.0858. The van der Waals surface area contributed by atoms with Crippen LogP contribution >= 0.6 is 15.9 Å². The Kier molecular flexibility index (Phi) is 6.58. The summed E-state index contributed by atoms with van der Waals surface area (Å²) in [6.07, 6.45) is 3.08. The predicted molar refractivity (Wildman–Crippen MR) is 99.2 cm³/mol. The topological polar surface area (TPSA) is 47.6 Å². The van der Waals surface area contributed by atoms with Gasteiger partial charge in [0.15, 0.2) is 11.6 Å². The summed E-state index contributed by atoms with van der Waals surface area (Å²) < 4.78 is 24.8. The van der Waals surface area contributed by atoms with E-state index in [4.69, 9.17) is 9.47 Å². The molecule has 6 heteroatoms. The molecule has 0 aliphatic carbocycles. The van der Waals surface area contributed by atoms with Gasteiger partial charge in [-0.25, -0.2) is 4.39 Å². The molecule has 0 fully saturated rings. The van der Waals surface area contributed by atoms with Crippen molar-refractivity contribution < 1.29 is 18.7 Å². The lowest BCUT2D eigenvalue weighted by atomic mass is 10.1. The zero-order chi connectivity index (χ0) is 18.4. The second-order valence-corrected chi connectivity index (χ2v) is 6.26. The molecule has 2 rings (SSSR count). The average Bonchev–Trinajstić information content (AvgIpc) is 2.60. The molecular formula is C19H19BrFNO3. The maximum absolute atomic E-state index is 13.8. The molecule has 2 aromatic rings. The molecule has 4 nitrogen and oxygen atoms in total. The number of hydrogen-bond acceptors (Lipinski definition) is 3. The van der Waals surface area contributed by atoms with E-state index in [0.29, 0.717) is 11.3 Å². The maximum Gasteiger partial charge on any atom is 0.244 e. The van der Waals surface area contributed by atoms with Gasteiger partial charge in [-0.05, 0) is 48.9 Å². The Morgan fingerprint density at radius 3 is 2.48 bits per heavy atom. The third kappa shape index (κ3) is 5.06. The number of amides is 1. The summed E-state index contributed by atoms with van der Waals surface area (Å²) >= 11 is 3.39. The minimum atomic E-state index is -0.462. The van der Waals surface area contributed by atoms with Crippen molar-refractivity contribution in [3.8, 4) is 11.5 Å². The second-order valence-electron chi connectivity index (χ2n) is 5.34. The smallest absolute Gasteiger partial charge is 0.244 e. The lowest BCUT2D eigenvalue weighted by Gasteiger charge is -2.14. The molecule has 0 spiro atoms. The number of nitrogens with one attached hydrogen (secondary N) is 1. The van der Waals surface area contributed by atoms with Gasteiger partial charge in [-0.1, -0.05) is 22.0 Å². The van der Waals surface area contributed by atoms with E-state index in [0.717, 1.165) is 10.0 Å². The van der Waals surface area contributed by atoms with Gasteiger partial charge in [0.1, 0.15) is 5.75 Å². The fraction of sp³-hybridized carbons (Fsp3) is 0.211. The number of methoxy groups -OCH3 is 2. The Hall–Kier alpha value is -2.34. The van der Waals surface area contributed by atoms with E-state index in [1.165, 1.54) is 25.3 Å². The van der Waals surface area contributed by atoms with Crippen molar-refractivity contribution in [1.29, 1.82) is 0 Å². The third-order valence-electron chi connectivity index (χ3n) is 3.64. The first-order chi connectivity index (χ1) is 11.9. The molecule has 2 aromatic carbocycles. The highest BCUT2D eigenvalue weighted by atomic mass is 79.9. The molecule has 1 amide bonds. The first-order valence-electron chi connectivity index (χ1n) is 7.60. The van der Waals surface area contributed by atoms with Crippen LogP contribution in [0.4, 0.5) is 4.39 Å². The molecule has 0 aliphatic heterocycles. The molecule has 1 atom stereocenters. The van der Waals surface area contributed by atoms with Crippen LogP contribution in [0.3, 0.4) is 0 Å². The van der Waals surface area contributed by atoms with E-state index in [-0.39, 0.29) is 17.7 Å². The monoisotopic (exact) mass is 407 g/mol. The van der Waals surface area contributed by atoms with Crippen LogP contribution in [0.15, 0.2) is 46.9 Å². The van der Waals surface area contributed by atoms with Gasteiger partial charge in [0.25, 0.3) is 0 Å². The van der Waals surface area contributed by atoms with Crippen LogP contribution < -0.4 is 14.8 Å². The highest BCUT2D eigenvalue weighted by Gasteiger charge is 2.11. The van der Waals surface area contributed by atoms with Gasteiger partial charge in [-0.3, -0.25) is 4.79 Å². The van der Waals surface area contributed by atoms with E-state index in [2.05, 4.69) is 21.2 Å². The van der Waals surface area contributed by atoms with Crippen molar-refractivity contribution >= 4 is 27.9 Å². The minimum Gasteiger partial charge on any atom is -0.496 e. The van der Waals surface area contributed by atoms with Gasteiger partial charge in [-0.15, -0.1) is 0 Å². The Morgan fingerprint density at radius 1 is 1.16 bits per heavy atom. The van der Waals surface area contributed by atoms with E-state index in [1.807, 2.05) is 18.2 Å². The van der Waals surface area contributed by atoms with Gasteiger partial charge in [0.2, 0.25) is 5.91 Å². The quantitative estimate of drug-likeness (QED) is 0.717. The van der Waals surface area contributed by atoms with Gasteiger partial charge in [0, 0.05) is 16.1 Å². The summed E-state index contributed by atoms with van der Waals surface area (Å²) in [6, 6.07) is 9.78. The summed E-state index contributed by atoms with van der Waals surface area (Å²) in [4.78, 5) is 12.1. The Labute approximate surface area is 154 Å². The second kappa shape index (κ2) is 8.67. The number of ether oxygens (including phenoxy) is 2. The summed E-state index contributed by atoms with van der Waals surface area (Å²) in [7, 11) is 2.98. The zero-order valence-electron chi connectivity index (χ0n) is 14.2.